The Hall–Kier alpha value is -3.50. The van der Waals surface area contributed by atoms with Gasteiger partial charge in [-0.25, -0.2) is 4.98 Å². The van der Waals surface area contributed by atoms with Gasteiger partial charge < -0.3 is 14.2 Å². The van der Waals surface area contributed by atoms with Crippen LogP contribution in [-0.2, 0) is 6.18 Å². The van der Waals surface area contributed by atoms with Crippen molar-refractivity contribution in [2.75, 3.05) is 13.1 Å². The molecule has 1 unspecified atom stereocenters. The maximum Gasteiger partial charge on any atom is 0.433 e. The zero-order chi connectivity index (χ0) is 21.1. The first kappa shape index (κ1) is 19.8. The molecule has 0 radical (unpaired) electrons. The molecule has 0 aromatic carbocycles. The minimum Gasteiger partial charge on any atom is -0.458 e. The smallest absolute Gasteiger partial charge is 0.433 e. The average molecular weight is 419 g/mol. The number of hydrogen-bond acceptors (Lipinski definition) is 7. The number of ether oxygens (including phenoxy) is 1. The topological polar surface area (TPSA) is 94.2 Å². The number of alkyl halides is 3. The number of halogens is 3. The van der Waals surface area contributed by atoms with Crippen molar-refractivity contribution in [3.8, 4) is 17.3 Å². The second kappa shape index (κ2) is 8.09. The Kier molecular flexibility index (Phi) is 5.34. The van der Waals surface area contributed by atoms with Gasteiger partial charge in [0, 0.05) is 36.8 Å². The van der Waals surface area contributed by atoms with Crippen molar-refractivity contribution in [3.05, 3.63) is 54.2 Å². The van der Waals surface area contributed by atoms with Crippen LogP contribution in [0.2, 0.25) is 0 Å². The molecule has 30 heavy (non-hydrogen) atoms. The molecular weight excluding hydrogens is 403 g/mol. The molecule has 0 spiro atoms. The first-order valence-electron chi connectivity index (χ1n) is 9.13. The maximum atomic E-state index is 12.8. The molecule has 1 atom stereocenters. The van der Waals surface area contributed by atoms with Crippen LogP contribution in [0.25, 0.3) is 11.3 Å². The van der Waals surface area contributed by atoms with Gasteiger partial charge in [0.25, 0.3) is 5.91 Å². The van der Waals surface area contributed by atoms with Gasteiger partial charge in [0.1, 0.15) is 6.10 Å². The van der Waals surface area contributed by atoms with Crippen LogP contribution >= 0.6 is 0 Å². The van der Waals surface area contributed by atoms with E-state index in [1.807, 2.05) is 0 Å². The highest BCUT2D eigenvalue weighted by atomic mass is 19.4. The van der Waals surface area contributed by atoms with Crippen LogP contribution in [0.4, 0.5) is 13.2 Å². The molecule has 1 aliphatic heterocycles. The molecule has 1 aliphatic rings. The largest absolute Gasteiger partial charge is 0.458 e. The molecule has 11 heteroatoms. The highest BCUT2D eigenvalue weighted by Crippen LogP contribution is 2.28. The van der Waals surface area contributed by atoms with Gasteiger partial charge in [0.15, 0.2) is 17.1 Å². The first-order valence-corrected chi connectivity index (χ1v) is 9.13. The predicted molar refractivity (Wildman–Crippen MR) is 96.3 cm³/mol. The molecule has 156 valence electrons. The van der Waals surface area contributed by atoms with Crippen molar-refractivity contribution in [1.29, 1.82) is 0 Å². The summed E-state index contributed by atoms with van der Waals surface area (Å²) in [4.78, 5) is 25.4. The fourth-order valence-corrected chi connectivity index (χ4v) is 3.11. The maximum absolute atomic E-state index is 12.8. The van der Waals surface area contributed by atoms with Gasteiger partial charge in [-0.15, -0.1) is 0 Å². The fraction of sp³-hybridized carbons (Fsp3) is 0.316. The minimum atomic E-state index is -4.59. The van der Waals surface area contributed by atoms with Crippen LogP contribution in [0.3, 0.4) is 0 Å². The summed E-state index contributed by atoms with van der Waals surface area (Å²) in [6.07, 6.45) is 0.255. The molecule has 8 nitrogen and oxygen atoms in total. The van der Waals surface area contributed by atoms with Crippen molar-refractivity contribution < 1.29 is 27.2 Å². The van der Waals surface area contributed by atoms with Gasteiger partial charge in [-0.3, -0.25) is 9.78 Å². The fourth-order valence-electron chi connectivity index (χ4n) is 3.11. The lowest BCUT2D eigenvalue weighted by molar-refractivity contribution is -0.141. The molecule has 3 aromatic rings. The van der Waals surface area contributed by atoms with Gasteiger partial charge >= 0.3 is 12.2 Å². The van der Waals surface area contributed by atoms with Crippen LogP contribution in [0.1, 0.15) is 29.0 Å². The molecule has 3 aromatic heterocycles. The highest BCUT2D eigenvalue weighted by molar-refractivity contribution is 5.93. The van der Waals surface area contributed by atoms with Crippen molar-refractivity contribution in [2.24, 2.45) is 0 Å². The molecule has 0 N–H and O–H groups in total. The van der Waals surface area contributed by atoms with E-state index < -0.39 is 18.0 Å². The second-order valence-electron chi connectivity index (χ2n) is 6.67. The lowest BCUT2D eigenvalue weighted by atomic mass is 10.1. The first-order chi connectivity index (χ1) is 14.4. The number of rotatable bonds is 4. The lowest BCUT2D eigenvalue weighted by Crippen LogP contribution is -2.44. The number of nitrogens with zero attached hydrogens (tertiary/aromatic N) is 5. The number of carbonyl (C=O) groups is 1. The van der Waals surface area contributed by atoms with E-state index in [4.69, 9.17) is 9.26 Å². The Labute approximate surface area is 168 Å². The van der Waals surface area contributed by atoms with E-state index in [1.165, 1.54) is 11.0 Å². The van der Waals surface area contributed by atoms with Crippen LogP contribution in [0, 0.1) is 0 Å². The molecule has 4 heterocycles. The Balaban J connectivity index is 1.43. The third kappa shape index (κ3) is 4.39. The van der Waals surface area contributed by atoms with E-state index in [0.29, 0.717) is 30.7 Å². The molecule has 1 fully saturated rings. The van der Waals surface area contributed by atoms with E-state index >= 15 is 0 Å². The molecule has 0 saturated carbocycles. The van der Waals surface area contributed by atoms with Crippen molar-refractivity contribution in [2.45, 2.75) is 25.1 Å². The van der Waals surface area contributed by atoms with Gasteiger partial charge in [-0.1, -0.05) is 5.16 Å². The summed E-state index contributed by atoms with van der Waals surface area (Å²) in [6.45, 7) is 0.644. The summed E-state index contributed by atoms with van der Waals surface area (Å²) in [5.74, 6) is 0.0563. The molecule has 0 aliphatic carbocycles. The normalized spacial score (nSPS) is 17.0. The van der Waals surface area contributed by atoms with E-state index in [-0.39, 0.29) is 24.2 Å². The number of hydrogen-bond donors (Lipinski definition) is 0. The summed E-state index contributed by atoms with van der Waals surface area (Å²) < 4.78 is 49.2. The monoisotopic (exact) mass is 419 g/mol. The van der Waals surface area contributed by atoms with Crippen molar-refractivity contribution in [1.82, 2.24) is 25.0 Å². The Morgan fingerprint density at radius 1 is 1.27 bits per heavy atom. The van der Waals surface area contributed by atoms with Crippen LogP contribution in [0.15, 0.2) is 47.4 Å². The minimum absolute atomic E-state index is 0.129. The van der Waals surface area contributed by atoms with Crippen LogP contribution < -0.4 is 4.74 Å². The van der Waals surface area contributed by atoms with Crippen molar-refractivity contribution >= 4 is 5.91 Å². The van der Waals surface area contributed by atoms with Gasteiger partial charge in [0.05, 0.1) is 6.54 Å². The third-order valence-electron chi connectivity index (χ3n) is 4.54. The number of amides is 1. The number of pyridine rings is 1. The SMILES string of the molecule is O=C(c1cc(-c2cccnc2)on1)N1CCCC(Oc2nccc(C(F)(F)F)n2)C1. The summed E-state index contributed by atoms with van der Waals surface area (Å²) in [5.41, 5.74) is -0.266. The second-order valence-corrected chi connectivity index (χ2v) is 6.67. The molecule has 1 saturated heterocycles. The number of carbonyl (C=O) groups excluding carboxylic acids is 1. The molecule has 1 amide bonds. The standard InChI is InChI=1S/C19H16F3N5O3/c20-19(21,22)16-5-7-24-18(25-16)29-13-4-2-8-27(11-13)17(28)14-9-15(30-26-14)12-3-1-6-23-10-12/h1,3,5-7,9-10,13H,2,4,8,11H2. The van der Waals surface area contributed by atoms with E-state index in [9.17, 15) is 18.0 Å². The molecular formula is C19H16F3N5O3. The van der Waals surface area contributed by atoms with Gasteiger partial charge in [-0.05, 0) is 31.0 Å². The highest BCUT2D eigenvalue weighted by Gasteiger charge is 2.34. The summed E-state index contributed by atoms with van der Waals surface area (Å²) in [5, 5.41) is 3.83. The van der Waals surface area contributed by atoms with E-state index in [2.05, 4.69) is 20.1 Å². The Bertz CT molecular complexity index is 1030. The number of aromatic nitrogens is 4. The van der Waals surface area contributed by atoms with Gasteiger partial charge in [-0.2, -0.15) is 18.2 Å². The molecule has 0 bridgehead atoms. The third-order valence-corrected chi connectivity index (χ3v) is 4.54. The van der Waals surface area contributed by atoms with Crippen molar-refractivity contribution in [3.63, 3.8) is 0 Å². The quantitative estimate of drug-likeness (QED) is 0.641. The number of likely N-dealkylation sites (tertiary alicyclic amines) is 1. The average Bonchev–Trinajstić information content (AvgIpc) is 3.24. The lowest BCUT2D eigenvalue weighted by Gasteiger charge is -2.31. The zero-order valence-corrected chi connectivity index (χ0v) is 15.5. The Morgan fingerprint density at radius 2 is 2.13 bits per heavy atom. The number of piperidine rings is 1. The predicted octanol–water partition coefficient (Wildman–Crippen LogP) is 3.23. The van der Waals surface area contributed by atoms with E-state index in [1.54, 1.807) is 24.5 Å². The molecule has 4 rings (SSSR count). The van der Waals surface area contributed by atoms with Crippen LogP contribution in [-0.4, -0.2) is 50.1 Å². The summed E-state index contributed by atoms with van der Waals surface area (Å²) >= 11 is 0. The zero-order valence-electron chi connectivity index (χ0n) is 15.5. The summed E-state index contributed by atoms with van der Waals surface area (Å²) in [6, 6.07) is 5.45. The van der Waals surface area contributed by atoms with Gasteiger partial charge in [0.2, 0.25) is 0 Å². The Morgan fingerprint density at radius 3 is 2.90 bits per heavy atom. The summed E-state index contributed by atoms with van der Waals surface area (Å²) in [7, 11) is 0. The van der Waals surface area contributed by atoms with Crippen LogP contribution in [0.5, 0.6) is 6.01 Å². The van der Waals surface area contributed by atoms with E-state index in [0.717, 1.165) is 12.3 Å².